The van der Waals surface area contributed by atoms with E-state index in [4.69, 9.17) is 5.11 Å². The van der Waals surface area contributed by atoms with E-state index < -0.39 is 34.4 Å². The first-order chi connectivity index (χ1) is 8.32. The lowest BCUT2D eigenvalue weighted by molar-refractivity contribution is -0.147. The number of methoxy groups -OCH3 is 2. The number of nitrogens with one attached hydrogen (secondary N) is 1. The van der Waals surface area contributed by atoms with Gasteiger partial charge in [-0.05, 0) is 6.42 Å². The molecule has 0 fully saturated rings. The fourth-order valence-corrected chi connectivity index (χ4v) is 2.33. The molecular formula is C9H17NO7S. The molecule has 0 aromatic carbocycles. The molecule has 2 N–H and O–H groups in total. The summed E-state index contributed by atoms with van der Waals surface area (Å²) >= 11 is 0. The van der Waals surface area contributed by atoms with Gasteiger partial charge in [0.1, 0.15) is 6.04 Å². The Bertz CT molecular complexity index is 378. The summed E-state index contributed by atoms with van der Waals surface area (Å²) in [5, 5.41) is 8.79. The van der Waals surface area contributed by atoms with Crippen molar-refractivity contribution in [2.45, 2.75) is 18.9 Å². The minimum absolute atomic E-state index is 0.233. The van der Waals surface area contributed by atoms with Gasteiger partial charge in [0.2, 0.25) is 10.0 Å². The Balaban J connectivity index is 4.48. The van der Waals surface area contributed by atoms with Gasteiger partial charge in [-0.25, -0.2) is 13.1 Å². The van der Waals surface area contributed by atoms with Gasteiger partial charge < -0.3 is 14.6 Å². The van der Waals surface area contributed by atoms with Crippen LogP contribution in [0.3, 0.4) is 0 Å². The predicted octanol–water partition coefficient (Wildman–Crippen LogP) is -1.04. The molecule has 0 radical (unpaired) electrons. The molecule has 0 aliphatic carbocycles. The second-order valence-electron chi connectivity index (χ2n) is 3.45. The Morgan fingerprint density at radius 1 is 1.33 bits per heavy atom. The number of sulfonamides is 1. The van der Waals surface area contributed by atoms with E-state index in [0.29, 0.717) is 0 Å². The van der Waals surface area contributed by atoms with Gasteiger partial charge in [-0.2, -0.15) is 0 Å². The number of carbonyl (C=O) groups excluding carboxylic acids is 1. The molecule has 0 heterocycles. The number of esters is 1. The first-order valence-corrected chi connectivity index (χ1v) is 6.76. The molecule has 0 saturated carbocycles. The third kappa shape index (κ3) is 7.20. The highest BCUT2D eigenvalue weighted by Crippen LogP contribution is 2.00. The summed E-state index contributed by atoms with van der Waals surface area (Å²) in [5.41, 5.74) is 0. The van der Waals surface area contributed by atoms with Crippen molar-refractivity contribution in [3.63, 3.8) is 0 Å². The van der Waals surface area contributed by atoms with Crippen molar-refractivity contribution in [3.8, 4) is 0 Å². The highest BCUT2D eigenvalue weighted by Gasteiger charge is 2.26. The smallest absolute Gasteiger partial charge is 0.322 e. The van der Waals surface area contributed by atoms with Crippen molar-refractivity contribution in [2.75, 3.05) is 26.6 Å². The number of hydrogen-bond acceptors (Lipinski definition) is 6. The normalized spacial score (nSPS) is 13.0. The first kappa shape index (κ1) is 16.8. The van der Waals surface area contributed by atoms with Crippen LogP contribution in [0.5, 0.6) is 0 Å². The molecule has 0 unspecified atom stereocenters. The van der Waals surface area contributed by atoms with Gasteiger partial charge in [-0.15, -0.1) is 0 Å². The number of hydrogen-bond donors (Lipinski definition) is 2. The Morgan fingerprint density at radius 3 is 2.39 bits per heavy atom. The van der Waals surface area contributed by atoms with E-state index in [1.54, 1.807) is 0 Å². The molecule has 0 bridgehead atoms. The third-order valence-electron chi connectivity index (χ3n) is 1.98. The summed E-state index contributed by atoms with van der Waals surface area (Å²) in [6.45, 7) is 0.246. The second-order valence-corrected chi connectivity index (χ2v) is 5.33. The Kier molecular flexibility index (Phi) is 7.48. The number of rotatable bonds is 9. The van der Waals surface area contributed by atoms with Crippen molar-refractivity contribution in [3.05, 3.63) is 0 Å². The molecule has 1 atom stereocenters. The van der Waals surface area contributed by atoms with E-state index in [0.717, 1.165) is 7.11 Å². The van der Waals surface area contributed by atoms with Crippen LogP contribution in [0.4, 0.5) is 0 Å². The second kappa shape index (κ2) is 8.01. The monoisotopic (exact) mass is 283 g/mol. The minimum Gasteiger partial charge on any atom is -0.480 e. The standard InChI is InChI=1S/C9H17NO7S/c1-16-4-3-5-18(14,15)10-7(9(12)13)6-8(11)17-2/h7,10H,3-6H2,1-2H3,(H,12,13)/t7-/m0/s1. The average molecular weight is 283 g/mol. The molecule has 0 aliphatic rings. The highest BCUT2D eigenvalue weighted by atomic mass is 32.2. The zero-order valence-corrected chi connectivity index (χ0v) is 11.0. The molecular weight excluding hydrogens is 266 g/mol. The van der Waals surface area contributed by atoms with Crippen LogP contribution in [0.25, 0.3) is 0 Å². The quantitative estimate of drug-likeness (QED) is 0.409. The summed E-state index contributed by atoms with van der Waals surface area (Å²) in [6, 6.07) is -1.52. The lowest BCUT2D eigenvalue weighted by atomic mass is 10.2. The van der Waals surface area contributed by atoms with Crippen LogP contribution in [0.15, 0.2) is 0 Å². The summed E-state index contributed by atoms with van der Waals surface area (Å²) in [7, 11) is -1.25. The van der Waals surface area contributed by atoms with Gasteiger partial charge in [0.15, 0.2) is 0 Å². The fraction of sp³-hybridized carbons (Fsp3) is 0.778. The number of carbonyl (C=O) groups is 2. The zero-order valence-electron chi connectivity index (χ0n) is 10.2. The molecule has 0 saturated heterocycles. The summed E-state index contributed by atoms with van der Waals surface area (Å²) in [4.78, 5) is 21.7. The number of ether oxygens (including phenoxy) is 2. The minimum atomic E-state index is -3.77. The predicted molar refractivity (Wildman–Crippen MR) is 61.5 cm³/mol. The first-order valence-electron chi connectivity index (χ1n) is 5.11. The summed E-state index contributed by atoms with van der Waals surface area (Å²) in [5.74, 6) is -2.51. The maximum Gasteiger partial charge on any atom is 0.322 e. The Labute approximate surface area is 105 Å². The Hall–Kier alpha value is -1.19. The van der Waals surface area contributed by atoms with E-state index in [1.165, 1.54) is 7.11 Å². The molecule has 9 heteroatoms. The number of carboxylic acids is 1. The van der Waals surface area contributed by atoms with Crippen molar-refractivity contribution >= 4 is 22.0 Å². The van der Waals surface area contributed by atoms with Crippen LogP contribution in [0, 0.1) is 0 Å². The molecule has 8 nitrogen and oxygen atoms in total. The zero-order chi connectivity index (χ0) is 14.2. The van der Waals surface area contributed by atoms with Crippen LogP contribution in [0.1, 0.15) is 12.8 Å². The maximum absolute atomic E-state index is 11.5. The van der Waals surface area contributed by atoms with E-state index in [2.05, 4.69) is 9.47 Å². The van der Waals surface area contributed by atoms with E-state index in [-0.39, 0.29) is 18.8 Å². The van der Waals surface area contributed by atoms with Crippen LogP contribution < -0.4 is 4.72 Å². The van der Waals surface area contributed by atoms with Crippen molar-refractivity contribution in [1.29, 1.82) is 0 Å². The molecule has 18 heavy (non-hydrogen) atoms. The number of aliphatic carboxylic acids is 1. The lowest BCUT2D eigenvalue weighted by Gasteiger charge is -2.13. The highest BCUT2D eigenvalue weighted by molar-refractivity contribution is 7.89. The molecule has 0 aliphatic heterocycles. The summed E-state index contributed by atoms with van der Waals surface area (Å²) < 4.78 is 33.9. The van der Waals surface area contributed by atoms with Gasteiger partial charge >= 0.3 is 11.9 Å². The van der Waals surface area contributed by atoms with Crippen molar-refractivity contribution < 1.29 is 32.6 Å². The third-order valence-corrected chi connectivity index (χ3v) is 3.45. The summed E-state index contributed by atoms with van der Waals surface area (Å²) in [6.07, 6.45) is -0.328. The molecule has 0 amide bonds. The van der Waals surface area contributed by atoms with Gasteiger partial charge in [-0.1, -0.05) is 0 Å². The fourth-order valence-electron chi connectivity index (χ4n) is 1.10. The largest absolute Gasteiger partial charge is 0.480 e. The topological polar surface area (TPSA) is 119 Å². The van der Waals surface area contributed by atoms with E-state index in [1.807, 2.05) is 4.72 Å². The lowest BCUT2D eigenvalue weighted by Crippen LogP contribution is -2.43. The molecule has 0 aromatic heterocycles. The molecule has 106 valence electrons. The maximum atomic E-state index is 11.5. The SMILES string of the molecule is COCCCS(=O)(=O)N[C@@H](CC(=O)OC)C(=O)O. The Morgan fingerprint density at radius 2 is 1.94 bits per heavy atom. The number of carboxylic acid groups (broad SMARTS) is 1. The molecule has 0 spiro atoms. The molecule has 0 aromatic rings. The van der Waals surface area contributed by atoms with Crippen LogP contribution in [-0.2, 0) is 29.1 Å². The van der Waals surface area contributed by atoms with Gasteiger partial charge in [-0.3, -0.25) is 9.59 Å². The van der Waals surface area contributed by atoms with Gasteiger partial charge in [0, 0.05) is 13.7 Å². The van der Waals surface area contributed by atoms with Crippen molar-refractivity contribution in [1.82, 2.24) is 4.72 Å². The van der Waals surface area contributed by atoms with Gasteiger partial charge in [0.25, 0.3) is 0 Å². The average Bonchev–Trinajstić information content (AvgIpc) is 2.27. The van der Waals surface area contributed by atoms with Crippen LogP contribution in [-0.4, -0.2) is 58.1 Å². The van der Waals surface area contributed by atoms with E-state index >= 15 is 0 Å². The van der Waals surface area contributed by atoms with Crippen LogP contribution in [0.2, 0.25) is 0 Å². The van der Waals surface area contributed by atoms with E-state index in [9.17, 15) is 18.0 Å². The van der Waals surface area contributed by atoms with Crippen molar-refractivity contribution in [2.24, 2.45) is 0 Å². The van der Waals surface area contributed by atoms with Crippen LogP contribution >= 0.6 is 0 Å². The van der Waals surface area contributed by atoms with Gasteiger partial charge in [0.05, 0.1) is 19.3 Å². The molecule has 0 rings (SSSR count).